The highest BCUT2D eigenvalue weighted by Gasteiger charge is 2.17. The number of hydrogen-bond donors (Lipinski definition) is 1. The van der Waals surface area contributed by atoms with Crippen LogP contribution in [-0.4, -0.2) is 27.7 Å². The fourth-order valence-corrected chi connectivity index (χ4v) is 2.54. The van der Waals surface area contributed by atoms with Gasteiger partial charge in [0.15, 0.2) is 0 Å². The van der Waals surface area contributed by atoms with Crippen LogP contribution in [0.5, 0.6) is 0 Å². The second kappa shape index (κ2) is 6.54. The zero-order chi connectivity index (χ0) is 15.4. The predicted octanol–water partition coefficient (Wildman–Crippen LogP) is 3.12. The summed E-state index contributed by atoms with van der Waals surface area (Å²) < 4.78 is 0. The van der Waals surface area contributed by atoms with Gasteiger partial charge in [-0.15, -0.1) is 0 Å². The van der Waals surface area contributed by atoms with Gasteiger partial charge in [0.05, 0.1) is 6.54 Å². The average molecular weight is 294 g/mol. The summed E-state index contributed by atoms with van der Waals surface area (Å²) in [5.41, 5.74) is 3.52. The molecule has 0 aliphatic heterocycles. The Kier molecular flexibility index (Phi) is 4.30. The first-order chi connectivity index (χ1) is 10.7. The Balaban J connectivity index is 1.67. The fourth-order valence-electron chi connectivity index (χ4n) is 2.54. The molecular formula is C18H18N2O2. The summed E-state index contributed by atoms with van der Waals surface area (Å²) >= 11 is 0. The van der Waals surface area contributed by atoms with Gasteiger partial charge in [-0.05, 0) is 42.0 Å². The molecule has 1 aromatic carbocycles. The molecule has 0 spiro atoms. The molecule has 2 aromatic rings. The molecule has 1 aliphatic carbocycles. The molecule has 0 unspecified atom stereocenters. The zero-order valence-electron chi connectivity index (χ0n) is 12.3. The minimum atomic E-state index is -0.460. The molecule has 112 valence electrons. The van der Waals surface area contributed by atoms with Crippen molar-refractivity contribution < 1.29 is 10.0 Å². The van der Waals surface area contributed by atoms with E-state index in [-0.39, 0.29) is 12.2 Å². The Morgan fingerprint density at radius 2 is 2.09 bits per heavy atom. The number of carbonyl (C=O) groups excluding carboxylic acids is 1. The van der Waals surface area contributed by atoms with E-state index in [1.807, 2.05) is 36.4 Å². The van der Waals surface area contributed by atoms with Crippen LogP contribution >= 0.6 is 0 Å². The van der Waals surface area contributed by atoms with Gasteiger partial charge >= 0.3 is 0 Å². The molecule has 1 aliphatic rings. The topological polar surface area (TPSA) is 53.4 Å². The van der Waals surface area contributed by atoms with E-state index in [1.165, 1.54) is 0 Å². The zero-order valence-corrected chi connectivity index (χ0v) is 12.3. The highest BCUT2D eigenvalue weighted by molar-refractivity contribution is 5.92. The maximum absolute atomic E-state index is 12.2. The normalized spacial score (nSPS) is 12.8. The number of pyridine rings is 1. The summed E-state index contributed by atoms with van der Waals surface area (Å²) in [5, 5.41) is 10.7. The molecule has 1 N–H and O–H groups in total. The highest BCUT2D eigenvalue weighted by Crippen LogP contribution is 2.19. The molecule has 0 radical (unpaired) electrons. The smallest absolute Gasteiger partial charge is 0.286 e. The molecule has 0 saturated heterocycles. The van der Waals surface area contributed by atoms with Gasteiger partial charge in [-0.1, -0.05) is 42.5 Å². The quantitative estimate of drug-likeness (QED) is 0.696. The standard InChI is InChI=1S/C18H18N2O2/c21-18(20(22)11-10-14-6-2-1-3-7-14)17-12-15-8-4-5-9-16(15)13-19-17/h1-4,6-8,12-13,22H,5,9-11H2. The van der Waals surface area contributed by atoms with Gasteiger partial charge in [0, 0.05) is 6.20 Å². The van der Waals surface area contributed by atoms with Crippen molar-refractivity contribution in [3.05, 3.63) is 71.1 Å². The molecule has 1 amide bonds. The van der Waals surface area contributed by atoms with Crippen molar-refractivity contribution in [3.8, 4) is 0 Å². The van der Waals surface area contributed by atoms with Gasteiger partial charge in [0.2, 0.25) is 0 Å². The van der Waals surface area contributed by atoms with E-state index in [0.717, 1.165) is 34.6 Å². The van der Waals surface area contributed by atoms with Crippen molar-refractivity contribution in [1.82, 2.24) is 10.0 Å². The van der Waals surface area contributed by atoms with Crippen LogP contribution in [-0.2, 0) is 12.8 Å². The number of amides is 1. The van der Waals surface area contributed by atoms with Crippen LogP contribution in [0.15, 0.2) is 48.7 Å². The first-order valence-electron chi connectivity index (χ1n) is 7.44. The summed E-state index contributed by atoms with van der Waals surface area (Å²) in [6, 6.07) is 11.5. The van der Waals surface area contributed by atoms with Gasteiger partial charge in [0.25, 0.3) is 5.91 Å². The largest absolute Gasteiger partial charge is 0.295 e. The first-order valence-corrected chi connectivity index (χ1v) is 7.44. The minimum absolute atomic E-state index is 0.247. The number of carbonyl (C=O) groups is 1. The monoisotopic (exact) mass is 294 g/mol. The third-order valence-electron chi connectivity index (χ3n) is 3.81. The SMILES string of the molecule is O=C(c1cc2c(cn1)CCC=C2)N(O)CCc1ccccc1. The number of allylic oxidation sites excluding steroid dienone is 1. The lowest BCUT2D eigenvalue weighted by Crippen LogP contribution is -2.30. The van der Waals surface area contributed by atoms with Gasteiger partial charge in [-0.2, -0.15) is 0 Å². The van der Waals surface area contributed by atoms with Gasteiger partial charge in [-0.3, -0.25) is 15.0 Å². The summed E-state index contributed by atoms with van der Waals surface area (Å²) in [5.74, 6) is -0.460. The second-order valence-corrected chi connectivity index (χ2v) is 5.37. The van der Waals surface area contributed by atoms with Crippen LogP contribution < -0.4 is 0 Å². The molecule has 22 heavy (non-hydrogen) atoms. The minimum Gasteiger partial charge on any atom is -0.286 e. The molecule has 1 aromatic heterocycles. The number of aryl methyl sites for hydroxylation is 1. The highest BCUT2D eigenvalue weighted by atomic mass is 16.5. The van der Waals surface area contributed by atoms with E-state index in [9.17, 15) is 10.0 Å². The number of hydrogen-bond acceptors (Lipinski definition) is 3. The van der Waals surface area contributed by atoms with Crippen LogP contribution in [0.25, 0.3) is 6.08 Å². The van der Waals surface area contributed by atoms with E-state index in [1.54, 1.807) is 12.3 Å². The van der Waals surface area contributed by atoms with Crippen molar-refractivity contribution >= 4 is 12.0 Å². The van der Waals surface area contributed by atoms with Crippen molar-refractivity contribution in [2.24, 2.45) is 0 Å². The molecule has 4 nitrogen and oxygen atoms in total. The van der Waals surface area contributed by atoms with Crippen LogP contribution in [0.4, 0.5) is 0 Å². The van der Waals surface area contributed by atoms with E-state index in [2.05, 4.69) is 11.1 Å². The van der Waals surface area contributed by atoms with Crippen molar-refractivity contribution in [2.75, 3.05) is 6.54 Å². The van der Waals surface area contributed by atoms with Crippen LogP contribution in [0, 0.1) is 0 Å². The number of nitrogens with zero attached hydrogens (tertiary/aromatic N) is 2. The molecule has 0 fully saturated rings. The van der Waals surface area contributed by atoms with Crippen molar-refractivity contribution in [1.29, 1.82) is 0 Å². The number of benzene rings is 1. The molecule has 1 heterocycles. The Hall–Kier alpha value is -2.46. The van der Waals surface area contributed by atoms with Gasteiger partial charge < -0.3 is 0 Å². The second-order valence-electron chi connectivity index (χ2n) is 5.37. The Morgan fingerprint density at radius 3 is 2.91 bits per heavy atom. The third kappa shape index (κ3) is 3.23. The van der Waals surface area contributed by atoms with Gasteiger partial charge in [0.1, 0.15) is 5.69 Å². The lowest BCUT2D eigenvalue weighted by Gasteiger charge is -2.16. The molecular weight excluding hydrogens is 276 g/mol. The number of fused-ring (bicyclic) bond motifs is 1. The summed E-state index contributed by atoms with van der Waals surface area (Å²) in [4.78, 5) is 16.4. The Morgan fingerprint density at radius 1 is 1.27 bits per heavy atom. The number of aromatic nitrogens is 1. The van der Waals surface area contributed by atoms with Crippen molar-refractivity contribution in [3.63, 3.8) is 0 Å². The van der Waals surface area contributed by atoms with Gasteiger partial charge in [-0.25, -0.2) is 5.06 Å². The fraction of sp³-hybridized carbons (Fsp3) is 0.222. The number of rotatable bonds is 4. The lowest BCUT2D eigenvalue weighted by atomic mass is 9.99. The van der Waals surface area contributed by atoms with Crippen LogP contribution in [0.1, 0.15) is 33.6 Å². The molecule has 0 saturated carbocycles. The third-order valence-corrected chi connectivity index (χ3v) is 3.81. The van der Waals surface area contributed by atoms with E-state index >= 15 is 0 Å². The van der Waals surface area contributed by atoms with Crippen molar-refractivity contribution in [2.45, 2.75) is 19.3 Å². The van der Waals surface area contributed by atoms with E-state index in [4.69, 9.17) is 0 Å². The number of hydroxylamine groups is 2. The molecule has 0 atom stereocenters. The molecule has 3 rings (SSSR count). The lowest BCUT2D eigenvalue weighted by molar-refractivity contribution is -0.0576. The predicted molar refractivity (Wildman–Crippen MR) is 84.6 cm³/mol. The molecule has 0 bridgehead atoms. The maximum Gasteiger partial charge on any atom is 0.295 e. The van der Waals surface area contributed by atoms with E-state index in [0.29, 0.717) is 6.42 Å². The Labute approximate surface area is 129 Å². The summed E-state index contributed by atoms with van der Waals surface area (Å²) in [7, 11) is 0. The van der Waals surface area contributed by atoms with Crippen LogP contribution in [0.3, 0.4) is 0 Å². The molecule has 4 heteroatoms. The summed E-state index contributed by atoms with van der Waals surface area (Å²) in [6.45, 7) is 0.247. The summed E-state index contributed by atoms with van der Waals surface area (Å²) in [6.07, 6.45) is 8.38. The van der Waals surface area contributed by atoms with E-state index < -0.39 is 5.91 Å². The van der Waals surface area contributed by atoms with Crippen LogP contribution in [0.2, 0.25) is 0 Å². The first kappa shape index (κ1) is 14.5. The Bertz CT molecular complexity index is 695. The maximum atomic E-state index is 12.2. The average Bonchev–Trinajstić information content (AvgIpc) is 2.59.